The van der Waals surface area contributed by atoms with E-state index in [0.29, 0.717) is 32.8 Å². The molecule has 1 heterocycles. The Bertz CT molecular complexity index is 458. The van der Waals surface area contributed by atoms with Gasteiger partial charge in [0.25, 0.3) is 0 Å². The van der Waals surface area contributed by atoms with E-state index in [1.165, 1.54) is 0 Å². The van der Waals surface area contributed by atoms with Crippen molar-refractivity contribution in [1.29, 1.82) is 0 Å². The van der Waals surface area contributed by atoms with Gasteiger partial charge in [-0.3, -0.25) is 0 Å². The van der Waals surface area contributed by atoms with Crippen molar-refractivity contribution in [1.82, 2.24) is 4.57 Å². The molecule has 7 nitrogen and oxygen atoms in total. The van der Waals surface area contributed by atoms with Crippen molar-refractivity contribution in [2.75, 3.05) is 32.7 Å². The molecule has 0 bridgehead atoms. The Morgan fingerprint density at radius 2 is 2.05 bits per heavy atom. The maximum absolute atomic E-state index is 10.5. The fraction of sp³-hybridized carbons (Fsp3) is 0.750. The second-order valence-corrected chi connectivity index (χ2v) is 5.63. The molecule has 1 rings (SSSR count). The Kier molecular flexibility index (Phi) is 9.39. The lowest BCUT2D eigenvalue weighted by molar-refractivity contribution is -0.696. The van der Waals surface area contributed by atoms with Crippen LogP contribution in [-0.2, 0) is 32.7 Å². The molecule has 0 fully saturated rings. The molecule has 118 valence electrons. The fourth-order valence-electron chi connectivity index (χ4n) is 1.54. The highest BCUT2D eigenvalue weighted by molar-refractivity contribution is 7.85. The molecule has 0 aliphatic carbocycles. The van der Waals surface area contributed by atoms with Crippen LogP contribution in [-0.4, -0.2) is 50.2 Å². The summed E-state index contributed by atoms with van der Waals surface area (Å²) in [4.78, 5) is 0. The highest BCUT2D eigenvalue weighted by Gasteiger charge is 2.04. The standard InChI is InChI=1S/C11H20N2O5S.CH4/c1-17-8-9-18-7-6-13-5-4-12(11-13)3-2-10-19(14,15)16;/h4-5,11H,2-3,6-10H2,1H3;1H4. The van der Waals surface area contributed by atoms with E-state index >= 15 is 0 Å². The van der Waals surface area contributed by atoms with Crippen molar-refractivity contribution in [2.24, 2.45) is 0 Å². The van der Waals surface area contributed by atoms with Gasteiger partial charge in [-0.1, -0.05) is 7.43 Å². The summed E-state index contributed by atoms with van der Waals surface area (Å²) in [5.41, 5.74) is 0. The summed E-state index contributed by atoms with van der Waals surface area (Å²) in [6.45, 7) is 2.97. The average Bonchev–Trinajstić information content (AvgIpc) is 2.75. The van der Waals surface area contributed by atoms with Crippen LogP contribution in [0.5, 0.6) is 0 Å². The van der Waals surface area contributed by atoms with Gasteiger partial charge < -0.3 is 14.0 Å². The number of nitrogens with zero attached hydrogens (tertiary/aromatic N) is 2. The van der Waals surface area contributed by atoms with Gasteiger partial charge in [-0.15, -0.1) is 0 Å². The van der Waals surface area contributed by atoms with Crippen LogP contribution in [0.4, 0.5) is 0 Å². The molecule has 0 atom stereocenters. The lowest BCUT2D eigenvalue weighted by Gasteiger charge is -2.04. The molecular weight excluding hydrogens is 284 g/mol. The van der Waals surface area contributed by atoms with E-state index in [1.54, 1.807) is 7.11 Å². The minimum absolute atomic E-state index is 0. The van der Waals surface area contributed by atoms with Gasteiger partial charge in [-0.25, -0.2) is 17.6 Å². The van der Waals surface area contributed by atoms with Crippen LogP contribution in [0.15, 0.2) is 18.7 Å². The van der Waals surface area contributed by atoms with Gasteiger partial charge in [0.1, 0.15) is 18.9 Å². The molecule has 0 unspecified atom stereocenters. The van der Waals surface area contributed by atoms with Gasteiger partial charge in [0.05, 0.1) is 36.5 Å². The summed E-state index contributed by atoms with van der Waals surface area (Å²) in [7, 11) is -2.49. The van der Waals surface area contributed by atoms with Crippen LogP contribution >= 0.6 is 0 Å². The first-order chi connectivity index (χ1) is 9.01. The van der Waals surface area contributed by atoms with Gasteiger partial charge >= 0.3 is 0 Å². The van der Waals surface area contributed by atoms with E-state index in [2.05, 4.69) is 0 Å². The Morgan fingerprint density at radius 3 is 2.70 bits per heavy atom. The Labute approximate surface area is 120 Å². The summed E-state index contributed by atoms with van der Waals surface area (Å²) in [5, 5.41) is 0. The molecule has 0 amide bonds. The quantitative estimate of drug-likeness (QED) is 0.345. The molecule has 0 radical (unpaired) electrons. The smallest absolute Gasteiger partial charge is 0.243 e. The molecule has 0 aliphatic heterocycles. The third-order valence-electron chi connectivity index (χ3n) is 2.48. The summed E-state index contributed by atoms with van der Waals surface area (Å²) >= 11 is 0. The zero-order chi connectivity index (χ0) is 14.1. The van der Waals surface area contributed by atoms with Gasteiger partial charge in [0.2, 0.25) is 6.33 Å². The summed E-state index contributed by atoms with van der Waals surface area (Å²) < 4.78 is 45.4. The molecule has 0 saturated heterocycles. The first-order valence-electron chi connectivity index (χ1n) is 6.06. The minimum Gasteiger partial charge on any atom is -0.748 e. The topological polar surface area (TPSA) is 84.5 Å². The first-order valence-corrected chi connectivity index (χ1v) is 7.64. The number of imidazole rings is 1. The van der Waals surface area contributed by atoms with Crippen LogP contribution < -0.4 is 4.57 Å². The predicted molar refractivity (Wildman–Crippen MR) is 73.2 cm³/mol. The van der Waals surface area contributed by atoms with E-state index in [-0.39, 0.29) is 13.2 Å². The fourth-order valence-corrected chi connectivity index (χ4v) is 2.02. The highest BCUT2D eigenvalue weighted by Crippen LogP contribution is 1.90. The van der Waals surface area contributed by atoms with Crippen LogP contribution in [0.2, 0.25) is 0 Å². The number of methoxy groups -OCH3 is 1. The zero-order valence-corrected chi connectivity index (χ0v) is 11.8. The van der Waals surface area contributed by atoms with E-state index in [0.717, 1.165) is 6.54 Å². The lowest BCUT2D eigenvalue weighted by atomic mass is 10.5. The maximum atomic E-state index is 10.5. The van der Waals surface area contributed by atoms with Crippen molar-refractivity contribution >= 4 is 10.1 Å². The van der Waals surface area contributed by atoms with Gasteiger partial charge in [-0.05, 0) is 6.42 Å². The molecule has 0 aromatic carbocycles. The number of hydrogen-bond donors (Lipinski definition) is 0. The first kappa shape index (κ1) is 19.0. The second-order valence-electron chi connectivity index (χ2n) is 4.11. The summed E-state index contributed by atoms with van der Waals surface area (Å²) in [6, 6.07) is 0. The molecule has 1 aromatic heterocycles. The second kappa shape index (κ2) is 9.87. The third kappa shape index (κ3) is 9.03. The zero-order valence-electron chi connectivity index (χ0n) is 11.0. The van der Waals surface area contributed by atoms with Crippen LogP contribution in [0.25, 0.3) is 0 Å². The Balaban J connectivity index is 0.00000361. The van der Waals surface area contributed by atoms with Crippen molar-refractivity contribution in [3.8, 4) is 0 Å². The monoisotopic (exact) mass is 308 g/mol. The molecule has 1 aromatic rings. The van der Waals surface area contributed by atoms with Gasteiger partial charge in [0.15, 0.2) is 0 Å². The normalized spacial score (nSPS) is 11.3. The molecule has 8 heteroatoms. The molecule has 0 spiro atoms. The van der Waals surface area contributed by atoms with Crippen LogP contribution in [0, 0.1) is 0 Å². The van der Waals surface area contributed by atoms with Crippen LogP contribution in [0.1, 0.15) is 13.8 Å². The van der Waals surface area contributed by atoms with Crippen molar-refractivity contribution in [2.45, 2.75) is 26.9 Å². The van der Waals surface area contributed by atoms with Gasteiger partial charge in [0, 0.05) is 12.9 Å². The van der Waals surface area contributed by atoms with E-state index in [9.17, 15) is 13.0 Å². The summed E-state index contributed by atoms with van der Waals surface area (Å²) in [6.07, 6.45) is 5.90. The van der Waals surface area contributed by atoms with Crippen molar-refractivity contribution < 1.29 is 27.0 Å². The molecular formula is C12H24N2O5S. The number of ether oxygens (including phenoxy) is 2. The largest absolute Gasteiger partial charge is 0.748 e. The van der Waals surface area contributed by atoms with E-state index < -0.39 is 10.1 Å². The number of rotatable bonds is 10. The predicted octanol–water partition coefficient (Wildman–Crippen LogP) is 0.0100. The van der Waals surface area contributed by atoms with Crippen LogP contribution in [0.3, 0.4) is 0 Å². The van der Waals surface area contributed by atoms with Crippen molar-refractivity contribution in [3.05, 3.63) is 18.7 Å². The molecule has 20 heavy (non-hydrogen) atoms. The highest BCUT2D eigenvalue weighted by atomic mass is 32.2. The molecule has 0 aliphatic rings. The van der Waals surface area contributed by atoms with E-state index in [4.69, 9.17) is 9.47 Å². The molecule has 0 N–H and O–H groups in total. The van der Waals surface area contributed by atoms with Gasteiger partial charge in [-0.2, -0.15) is 0 Å². The van der Waals surface area contributed by atoms with E-state index in [1.807, 2.05) is 27.9 Å². The number of aryl methyl sites for hydroxylation is 1. The third-order valence-corrected chi connectivity index (χ3v) is 3.27. The Morgan fingerprint density at radius 1 is 1.30 bits per heavy atom. The Hall–Kier alpha value is -0.960. The number of aromatic nitrogens is 2. The molecule has 0 saturated carbocycles. The lowest BCUT2D eigenvalue weighted by Crippen LogP contribution is -2.32. The average molecular weight is 308 g/mol. The SMILES string of the molecule is C.COCCOCCn1cc[n+](CCCS(=O)(=O)[O-])c1. The minimum atomic E-state index is -4.11. The maximum Gasteiger partial charge on any atom is 0.243 e. The van der Waals surface area contributed by atoms with Crippen molar-refractivity contribution in [3.63, 3.8) is 0 Å². The summed E-state index contributed by atoms with van der Waals surface area (Å²) in [5.74, 6) is -0.328. The number of hydrogen-bond acceptors (Lipinski definition) is 5.